The van der Waals surface area contributed by atoms with E-state index in [4.69, 9.17) is 4.74 Å². The number of thioether (sulfide) groups is 1. The number of nitrogens with one attached hydrogen (secondary N) is 1. The van der Waals surface area contributed by atoms with Crippen LogP contribution in [0.5, 0.6) is 5.75 Å². The first-order chi connectivity index (χ1) is 12.2. The molecule has 0 unspecified atom stereocenters. The molecule has 0 aromatic heterocycles. The fourth-order valence-electron chi connectivity index (χ4n) is 2.38. The van der Waals surface area contributed by atoms with Crippen LogP contribution in [0.25, 0.3) is 0 Å². The molecule has 0 saturated heterocycles. The van der Waals surface area contributed by atoms with Crippen LogP contribution < -0.4 is 15.1 Å². The van der Waals surface area contributed by atoms with Gasteiger partial charge in [0.05, 0.1) is 24.8 Å². The number of hydrogen-bond donors (Lipinski definition) is 1. The Bertz CT molecular complexity index is 805. The van der Waals surface area contributed by atoms with Crippen LogP contribution >= 0.6 is 11.8 Å². The Morgan fingerprint density at radius 3 is 2.80 bits per heavy atom. The van der Waals surface area contributed by atoms with Crippen molar-refractivity contribution in [2.45, 2.75) is 4.90 Å². The highest BCUT2D eigenvalue weighted by molar-refractivity contribution is 8.00. The minimum absolute atomic E-state index is 0.0592. The number of anilines is 1. The first kappa shape index (κ1) is 17.0. The summed E-state index contributed by atoms with van der Waals surface area (Å²) in [5.41, 5.74) is 4.05. The number of methoxy groups -OCH3 is 1. The smallest absolute Gasteiger partial charge is 0.260 e. The molecule has 7 heteroatoms. The monoisotopic (exact) mass is 355 g/mol. The zero-order chi connectivity index (χ0) is 17.6. The molecule has 0 saturated carbocycles. The highest BCUT2D eigenvalue weighted by Crippen LogP contribution is 2.34. The Kier molecular flexibility index (Phi) is 5.35. The van der Waals surface area contributed by atoms with Crippen LogP contribution in [0, 0.1) is 0 Å². The van der Waals surface area contributed by atoms with Crippen molar-refractivity contribution in [3.05, 3.63) is 54.1 Å². The summed E-state index contributed by atoms with van der Waals surface area (Å²) in [5, 5.41) is 3.94. The van der Waals surface area contributed by atoms with E-state index in [1.807, 2.05) is 48.5 Å². The Hall–Kier alpha value is -2.80. The van der Waals surface area contributed by atoms with Crippen molar-refractivity contribution in [2.24, 2.45) is 5.10 Å². The average molecular weight is 355 g/mol. The van der Waals surface area contributed by atoms with Crippen LogP contribution in [-0.2, 0) is 9.59 Å². The van der Waals surface area contributed by atoms with E-state index in [2.05, 4.69) is 10.5 Å². The molecule has 0 radical (unpaired) electrons. The molecule has 0 bridgehead atoms. The maximum Gasteiger partial charge on any atom is 0.260 e. The molecule has 1 N–H and O–H groups in total. The van der Waals surface area contributed by atoms with Crippen molar-refractivity contribution >= 4 is 35.5 Å². The standard InChI is InChI=1S/C18H17N3O3S/c1-24-14-8-6-13(7-9-14)10-19-20-17(22)11-21-15-4-2-3-5-16(15)25-12-18(21)23/h2-10H,11-12H2,1H3,(H,20,22)/b19-10-. The van der Waals surface area contributed by atoms with E-state index in [0.717, 1.165) is 21.9 Å². The molecule has 0 spiro atoms. The van der Waals surface area contributed by atoms with Crippen LogP contribution in [0.3, 0.4) is 0 Å². The lowest BCUT2D eigenvalue weighted by Gasteiger charge is -2.27. The molecule has 6 nitrogen and oxygen atoms in total. The average Bonchev–Trinajstić information content (AvgIpc) is 2.65. The summed E-state index contributed by atoms with van der Waals surface area (Å²) in [6.45, 7) is -0.0592. The van der Waals surface area contributed by atoms with E-state index in [0.29, 0.717) is 5.75 Å². The zero-order valence-electron chi connectivity index (χ0n) is 13.6. The first-order valence-electron chi connectivity index (χ1n) is 7.65. The van der Waals surface area contributed by atoms with E-state index in [-0.39, 0.29) is 18.4 Å². The predicted molar refractivity (Wildman–Crippen MR) is 98.2 cm³/mol. The van der Waals surface area contributed by atoms with Crippen molar-refractivity contribution in [3.63, 3.8) is 0 Å². The Morgan fingerprint density at radius 1 is 1.28 bits per heavy atom. The summed E-state index contributed by atoms with van der Waals surface area (Å²) in [7, 11) is 1.60. The molecule has 3 rings (SSSR count). The van der Waals surface area contributed by atoms with Gasteiger partial charge in [-0.05, 0) is 42.0 Å². The van der Waals surface area contributed by atoms with Crippen LogP contribution in [0.15, 0.2) is 58.5 Å². The van der Waals surface area contributed by atoms with Gasteiger partial charge in [-0.15, -0.1) is 11.8 Å². The highest BCUT2D eigenvalue weighted by Gasteiger charge is 2.25. The van der Waals surface area contributed by atoms with Crippen molar-refractivity contribution in [2.75, 3.05) is 24.3 Å². The molecule has 0 aliphatic carbocycles. The van der Waals surface area contributed by atoms with Crippen molar-refractivity contribution in [1.82, 2.24) is 5.43 Å². The van der Waals surface area contributed by atoms with Gasteiger partial charge in [0.15, 0.2) is 0 Å². The second kappa shape index (κ2) is 7.85. The molecule has 2 aromatic rings. The topological polar surface area (TPSA) is 71.0 Å². The van der Waals surface area contributed by atoms with Crippen molar-refractivity contribution in [3.8, 4) is 5.75 Å². The van der Waals surface area contributed by atoms with Crippen LogP contribution in [-0.4, -0.2) is 37.4 Å². The quantitative estimate of drug-likeness (QED) is 0.660. The van der Waals surface area contributed by atoms with E-state index in [1.54, 1.807) is 13.3 Å². The number of nitrogens with zero attached hydrogens (tertiary/aromatic N) is 2. The summed E-state index contributed by atoms with van der Waals surface area (Å²) >= 11 is 1.48. The minimum Gasteiger partial charge on any atom is -0.497 e. The van der Waals surface area contributed by atoms with Gasteiger partial charge < -0.3 is 9.64 Å². The lowest BCUT2D eigenvalue weighted by molar-refractivity contribution is -0.122. The van der Waals surface area contributed by atoms with Gasteiger partial charge >= 0.3 is 0 Å². The predicted octanol–water partition coefficient (Wildman–Crippen LogP) is 2.28. The van der Waals surface area contributed by atoms with Gasteiger partial charge in [0, 0.05) is 4.90 Å². The zero-order valence-corrected chi connectivity index (χ0v) is 14.5. The van der Waals surface area contributed by atoms with Gasteiger partial charge in [0.1, 0.15) is 12.3 Å². The lowest BCUT2D eigenvalue weighted by atomic mass is 10.2. The van der Waals surface area contributed by atoms with E-state index < -0.39 is 0 Å². The molecule has 1 aliphatic heterocycles. The first-order valence-corrected chi connectivity index (χ1v) is 8.64. The Morgan fingerprint density at radius 2 is 2.04 bits per heavy atom. The molecule has 2 aromatic carbocycles. The molecular weight excluding hydrogens is 338 g/mol. The highest BCUT2D eigenvalue weighted by atomic mass is 32.2. The molecule has 0 atom stereocenters. The number of para-hydroxylation sites is 1. The largest absolute Gasteiger partial charge is 0.497 e. The third kappa shape index (κ3) is 4.19. The van der Waals surface area contributed by atoms with E-state index in [1.165, 1.54) is 16.7 Å². The number of carbonyl (C=O) groups is 2. The molecular formula is C18H17N3O3S. The second-order valence-electron chi connectivity index (χ2n) is 5.30. The number of ether oxygens (including phenoxy) is 1. The maximum absolute atomic E-state index is 12.1. The van der Waals surface area contributed by atoms with Gasteiger partial charge in [-0.25, -0.2) is 5.43 Å². The number of amides is 2. The molecule has 25 heavy (non-hydrogen) atoms. The number of hydrogen-bond acceptors (Lipinski definition) is 5. The second-order valence-corrected chi connectivity index (χ2v) is 6.32. The number of rotatable bonds is 5. The summed E-state index contributed by atoms with van der Waals surface area (Å²) < 4.78 is 5.08. The molecule has 128 valence electrons. The molecule has 1 heterocycles. The summed E-state index contributed by atoms with van der Waals surface area (Å²) in [4.78, 5) is 26.7. The normalized spacial score (nSPS) is 13.6. The van der Waals surface area contributed by atoms with E-state index >= 15 is 0 Å². The third-order valence-corrected chi connectivity index (χ3v) is 4.68. The van der Waals surface area contributed by atoms with E-state index in [9.17, 15) is 9.59 Å². The number of benzene rings is 2. The minimum atomic E-state index is -0.347. The summed E-state index contributed by atoms with van der Waals surface area (Å²) in [6, 6.07) is 14.8. The summed E-state index contributed by atoms with van der Waals surface area (Å²) in [6.07, 6.45) is 1.54. The number of fused-ring (bicyclic) bond motifs is 1. The number of hydrazone groups is 1. The number of carbonyl (C=O) groups excluding carboxylic acids is 2. The van der Waals surface area contributed by atoms with Crippen molar-refractivity contribution < 1.29 is 14.3 Å². The third-order valence-electron chi connectivity index (χ3n) is 3.63. The molecule has 0 fully saturated rings. The maximum atomic E-state index is 12.1. The van der Waals surface area contributed by atoms with Gasteiger partial charge in [0.25, 0.3) is 5.91 Å². The fraction of sp³-hybridized carbons (Fsp3) is 0.167. The van der Waals surface area contributed by atoms with Gasteiger partial charge in [-0.1, -0.05) is 12.1 Å². The van der Waals surface area contributed by atoms with Gasteiger partial charge in [-0.2, -0.15) is 5.10 Å². The SMILES string of the molecule is COc1ccc(/C=N\NC(=O)CN2C(=O)CSc3ccccc32)cc1. The molecule has 2 amide bonds. The van der Waals surface area contributed by atoms with Gasteiger partial charge in [-0.3, -0.25) is 9.59 Å². The Balaban J connectivity index is 1.60. The molecule has 1 aliphatic rings. The summed E-state index contributed by atoms with van der Waals surface area (Å²) in [5.74, 6) is 0.651. The lowest BCUT2D eigenvalue weighted by Crippen LogP contribution is -2.42. The fourth-order valence-corrected chi connectivity index (χ4v) is 3.31. The Labute approximate surface area is 149 Å². The van der Waals surface area contributed by atoms with Crippen LogP contribution in [0.1, 0.15) is 5.56 Å². The van der Waals surface area contributed by atoms with Gasteiger partial charge in [0.2, 0.25) is 5.91 Å². The van der Waals surface area contributed by atoms with Crippen molar-refractivity contribution in [1.29, 1.82) is 0 Å². The van der Waals surface area contributed by atoms with Crippen LogP contribution in [0.4, 0.5) is 5.69 Å². The van der Waals surface area contributed by atoms with Crippen LogP contribution in [0.2, 0.25) is 0 Å².